The maximum absolute atomic E-state index is 13.6. The van der Waals surface area contributed by atoms with Crippen molar-refractivity contribution < 1.29 is 5.11 Å². The fourth-order valence-corrected chi connectivity index (χ4v) is 5.24. The quantitative estimate of drug-likeness (QED) is 0.405. The molecule has 2 aromatic carbocycles. The third kappa shape index (κ3) is 5.10. The Labute approximate surface area is 202 Å². The molecule has 1 aliphatic heterocycles. The Kier molecular flexibility index (Phi) is 7.52. The maximum Gasteiger partial charge on any atom is 0.277 e. The average molecular weight is 460 g/mol. The van der Waals surface area contributed by atoms with Gasteiger partial charge in [-0.2, -0.15) is 0 Å². The second-order valence-electron chi connectivity index (χ2n) is 9.85. The second-order valence-corrected chi connectivity index (χ2v) is 9.85. The van der Waals surface area contributed by atoms with E-state index in [9.17, 15) is 9.90 Å². The van der Waals surface area contributed by atoms with Gasteiger partial charge in [-0.1, -0.05) is 43.2 Å². The first-order valence-corrected chi connectivity index (χ1v) is 12.6. The number of benzene rings is 2. The number of unbranched alkanes of at least 4 members (excludes halogenated alkanes) is 2. The van der Waals surface area contributed by atoms with E-state index in [1.165, 1.54) is 19.3 Å². The van der Waals surface area contributed by atoms with Gasteiger partial charge < -0.3 is 9.67 Å². The van der Waals surface area contributed by atoms with Crippen molar-refractivity contribution in [3.8, 4) is 17.0 Å². The van der Waals surface area contributed by atoms with Crippen LogP contribution < -0.4 is 5.56 Å². The SMILES string of the molecule is C=C(C)c1ccc(O)c(-c2nc3ccccc3n(CCCCCN3C(C)CCCC3C)c2=O)c1. The molecule has 2 unspecified atom stereocenters. The van der Waals surface area contributed by atoms with E-state index in [1.807, 2.05) is 47.9 Å². The minimum atomic E-state index is -0.161. The van der Waals surface area contributed by atoms with Crippen LogP contribution in [0.4, 0.5) is 0 Å². The first-order valence-electron chi connectivity index (χ1n) is 12.6. The zero-order valence-corrected chi connectivity index (χ0v) is 20.8. The number of hydrogen-bond acceptors (Lipinski definition) is 4. The van der Waals surface area contributed by atoms with Gasteiger partial charge in [0.05, 0.1) is 11.0 Å². The number of allylic oxidation sites excluding steroid dienone is 1. The van der Waals surface area contributed by atoms with E-state index in [-0.39, 0.29) is 17.0 Å². The number of fused-ring (bicyclic) bond motifs is 1. The minimum absolute atomic E-state index is 0.0567. The molecule has 1 aliphatic rings. The van der Waals surface area contributed by atoms with Crippen LogP contribution in [-0.4, -0.2) is 38.2 Å². The normalized spacial score (nSPS) is 18.9. The lowest BCUT2D eigenvalue weighted by atomic mass is 9.97. The molecular formula is C29H37N3O2. The van der Waals surface area contributed by atoms with Crippen molar-refractivity contribution in [2.45, 2.75) is 77.9 Å². The first-order chi connectivity index (χ1) is 16.4. The highest BCUT2D eigenvalue weighted by Gasteiger charge is 2.23. The number of rotatable bonds is 8. The Morgan fingerprint density at radius 2 is 1.76 bits per heavy atom. The summed E-state index contributed by atoms with van der Waals surface area (Å²) in [5, 5.41) is 10.5. The number of aromatic hydroxyl groups is 1. The number of hydrogen-bond donors (Lipinski definition) is 1. The van der Waals surface area contributed by atoms with Gasteiger partial charge >= 0.3 is 0 Å². The number of phenolic OH excluding ortho intramolecular Hbond substituents is 1. The van der Waals surface area contributed by atoms with Gasteiger partial charge in [0.15, 0.2) is 0 Å². The van der Waals surface area contributed by atoms with Crippen molar-refractivity contribution in [1.29, 1.82) is 0 Å². The lowest BCUT2D eigenvalue weighted by molar-refractivity contribution is 0.101. The van der Waals surface area contributed by atoms with Crippen molar-refractivity contribution in [2.75, 3.05) is 6.54 Å². The van der Waals surface area contributed by atoms with E-state index in [2.05, 4.69) is 30.3 Å². The summed E-state index contributed by atoms with van der Waals surface area (Å²) in [6.45, 7) is 12.4. The molecule has 3 aromatic rings. The van der Waals surface area contributed by atoms with Gasteiger partial charge in [0.1, 0.15) is 11.4 Å². The van der Waals surface area contributed by atoms with Crippen LogP contribution >= 0.6 is 0 Å². The fraction of sp³-hybridized carbons (Fsp3) is 0.448. The number of piperidine rings is 1. The molecule has 34 heavy (non-hydrogen) atoms. The number of likely N-dealkylation sites (tertiary alicyclic amines) is 1. The number of para-hydroxylation sites is 2. The van der Waals surface area contributed by atoms with Gasteiger partial charge in [-0.25, -0.2) is 4.98 Å². The fourth-order valence-electron chi connectivity index (χ4n) is 5.24. The van der Waals surface area contributed by atoms with E-state index in [0.29, 0.717) is 24.2 Å². The highest BCUT2D eigenvalue weighted by Crippen LogP contribution is 2.30. The van der Waals surface area contributed by atoms with Crippen LogP contribution in [0.15, 0.2) is 53.8 Å². The predicted octanol–water partition coefficient (Wildman–Crippen LogP) is 6.24. The summed E-state index contributed by atoms with van der Waals surface area (Å²) in [7, 11) is 0. The Hall–Kier alpha value is -2.92. The molecule has 0 radical (unpaired) electrons. The molecule has 2 atom stereocenters. The Morgan fingerprint density at radius 1 is 1.06 bits per heavy atom. The predicted molar refractivity (Wildman–Crippen MR) is 141 cm³/mol. The summed E-state index contributed by atoms with van der Waals surface area (Å²) in [6.07, 6.45) is 7.08. The first kappa shape index (κ1) is 24.2. The van der Waals surface area contributed by atoms with Gasteiger partial charge in [0, 0.05) is 24.2 Å². The van der Waals surface area contributed by atoms with E-state index >= 15 is 0 Å². The molecule has 2 heterocycles. The summed E-state index contributed by atoms with van der Waals surface area (Å²) >= 11 is 0. The molecule has 5 heteroatoms. The summed E-state index contributed by atoms with van der Waals surface area (Å²) in [6, 6.07) is 14.3. The van der Waals surface area contributed by atoms with Gasteiger partial charge in [-0.05, 0) is 82.8 Å². The molecule has 1 N–H and O–H groups in total. The summed E-state index contributed by atoms with van der Waals surface area (Å²) < 4.78 is 1.83. The summed E-state index contributed by atoms with van der Waals surface area (Å²) in [4.78, 5) is 20.9. The Bertz CT molecular complexity index is 1220. The lowest BCUT2D eigenvalue weighted by Gasteiger charge is -2.39. The highest BCUT2D eigenvalue weighted by atomic mass is 16.3. The Balaban J connectivity index is 1.56. The van der Waals surface area contributed by atoms with Crippen LogP contribution in [-0.2, 0) is 6.54 Å². The summed E-state index contributed by atoms with van der Waals surface area (Å²) in [5.74, 6) is 0.0567. The monoisotopic (exact) mass is 459 g/mol. The minimum Gasteiger partial charge on any atom is -0.507 e. The lowest BCUT2D eigenvalue weighted by Crippen LogP contribution is -2.44. The third-order valence-electron chi connectivity index (χ3n) is 7.27. The zero-order chi connectivity index (χ0) is 24.2. The Morgan fingerprint density at radius 3 is 2.50 bits per heavy atom. The molecule has 5 nitrogen and oxygen atoms in total. The molecule has 0 amide bonds. The van der Waals surface area contributed by atoms with Crippen molar-refractivity contribution in [3.63, 3.8) is 0 Å². The van der Waals surface area contributed by atoms with E-state index < -0.39 is 0 Å². The van der Waals surface area contributed by atoms with Gasteiger partial charge in [0.25, 0.3) is 5.56 Å². The van der Waals surface area contributed by atoms with Gasteiger partial charge in [0.2, 0.25) is 0 Å². The number of nitrogens with zero attached hydrogens (tertiary/aromatic N) is 3. The van der Waals surface area contributed by atoms with Crippen molar-refractivity contribution in [1.82, 2.24) is 14.5 Å². The highest BCUT2D eigenvalue weighted by molar-refractivity contribution is 5.80. The van der Waals surface area contributed by atoms with E-state index in [0.717, 1.165) is 48.0 Å². The van der Waals surface area contributed by atoms with Crippen molar-refractivity contribution in [3.05, 3.63) is 65.0 Å². The topological polar surface area (TPSA) is 58.4 Å². The van der Waals surface area contributed by atoms with Crippen LogP contribution in [0.25, 0.3) is 27.9 Å². The molecule has 0 spiro atoms. The van der Waals surface area contributed by atoms with Gasteiger partial charge in [-0.15, -0.1) is 0 Å². The van der Waals surface area contributed by atoms with Crippen molar-refractivity contribution >= 4 is 16.6 Å². The molecule has 0 saturated carbocycles. The maximum atomic E-state index is 13.6. The van der Waals surface area contributed by atoms with Crippen LogP contribution in [0.1, 0.15) is 64.9 Å². The van der Waals surface area contributed by atoms with E-state index in [1.54, 1.807) is 6.07 Å². The molecule has 180 valence electrons. The standard InChI is InChI=1S/C29H37N3O2/c1-20(2)23-15-16-27(33)24(19-23)28-29(34)32(26-14-7-6-13-25(26)30-28)18-9-5-8-17-31-21(3)11-10-12-22(31)4/h6-7,13-16,19,21-22,33H,1,5,8-12,17-18H2,2-4H3. The van der Waals surface area contributed by atoms with Crippen LogP contribution in [0.3, 0.4) is 0 Å². The second kappa shape index (κ2) is 10.6. The molecule has 1 aromatic heterocycles. The smallest absolute Gasteiger partial charge is 0.277 e. The van der Waals surface area contributed by atoms with E-state index in [4.69, 9.17) is 0 Å². The molecule has 0 aliphatic carbocycles. The largest absolute Gasteiger partial charge is 0.507 e. The molecule has 0 bridgehead atoms. The van der Waals surface area contributed by atoms with Crippen LogP contribution in [0, 0.1) is 0 Å². The number of aromatic nitrogens is 2. The zero-order valence-electron chi connectivity index (χ0n) is 20.8. The number of aryl methyl sites for hydroxylation is 1. The van der Waals surface area contributed by atoms with Crippen molar-refractivity contribution in [2.24, 2.45) is 0 Å². The molecule has 1 fully saturated rings. The molecular weight excluding hydrogens is 422 g/mol. The van der Waals surface area contributed by atoms with Crippen LogP contribution in [0.5, 0.6) is 5.75 Å². The molecule has 4 rings (SSSR count). The van der Waals surface area contributed by atoms with Crippen LogP contribution in [0.2, 0.25) is 0 Å². The number of phenols is 1. The third-order valence-corrected chi connectivity index (χ3v) is 7.27. The van der Waals surface area contributed by atoms with Gasteiger partial charge in [-0.3, -0.25) is 9.69 Å². The average Bonchev–Trinajstić information content (AvgIpc) is 2.81. The molecule has 1 saturated heterocycles. The summed E-state index contributed by atoms with van der Waals surface area (Å²) in [5.41, 5.74) is 3.94.